The number of anilines is 1. The van der Waals surface area contributed by atoms with Gasteiger partial charge in [0.05, 0.1) is 22.9 Å². The number of H-pyrrole nitrogens is 2. The number of hydrogen-bond acceptors (Lipinski definition) is 7. The Labute approximate surface area is 219 Å². The van der Waals surface area contributed by atoms with Gasteiger partial charge in [-0.05, 0) is 47.7 Å². The maximum atomic E-state index is 10.5. The van der Waals surface area contributed by atoms with E-state index in [2.05, 4.69) is 62.3 Å². The maximum absolute atomic E-state index is 10.5. The van der Waals surface area contributed by atoms with Gasteiger partial charge in [-0.15, -0.1) is 0 Å². The van der Waals surface area contributed by atoms with E-state index >= 15 is 0 Å². The summed E-state index contributed by atoms with van der Waals surface area (Å²) in [6, 6.07) is 14.0. The zero-order valence-corrected chi connectivity index (χ0v) is 21.4. The molecule has 0 spiro atoms. The highest BCUT2D eigenvalue weighted by atomic mass is 16.3. The van der Waals surface area contributed by atoms with Crippen LogP contribution >= 0.6 is 0 Å². The summed E-state index contributed by atoms with van der Waals surface area (Å²) in [6.45, 7) is 6.30. The van der Waals surface area contributed by atoms with Crippen molar-refractivity contribution in [1.29, 1.82) is 0 Å². The second-order valence-electron chi connectivity index (χ2n) is 10.6. The molecule has 1 aromatic carbocycles. The molecule has 1 atom stereocenters. The SMILES string of the molecule is CC(C)(C)CC(O)Nc1cncc(-c2ccc3[nH]nc(-c4nc5nccc(-c6cccnc6)c5[nH]4)c3c2)c1. The first-order valence-corrected chi connectivity index (χ1v) is 12.5. The summed E-state index contributed by atoms with van der Waals surface area (Å²) < 4.78 is 0. The molecular formula is C29H28N8O. The molecule has 5 aromatic heterocycles. The van der Waals surface area contributed by atoms with Gasteiger partial charge in [0.25, 0.3) is 0 Å². The van der Waals surface area contributed by atoms with Gasteiger partial charge >= 0.3 is 0 Å². The fourth-order valence-corrected chi connectivity index (χ4v) is 4.66. The van der Waals surface area contributed by atoms with Crippen LogP contribution < -0.4 is 5.32 Å². The fraction of sp³-hybridized carbons (Fsp3) is 0.207. The summed E-state index contributed by atoms with van der Waals surface area (Å²) in [5, 5.41) is 22.2. The van der Waals surface area contributed by atoms with Gasteiger partial charge in [0.15, 0.2) is 11.5 Å². The Kier molecular flexibility index (Phi) is 5.84. The van der Waals surface area contributed by atoms with Gasteiger partial charge in [0, 0.05) is 46.9 Å². The first-order valence-electron chi connectivity index (χ1n) is 12.5. The first-order chi connectivity index (χ1) is 18.3. The van der Waals surface area contributed by atoms with Crippen LogP contribution in [-0.2, 0) is 0 Å². The molecule has 0 saturated carbocycles. The molecule has 0 saturated heterocycles. The Balaban J connectivity index is 1.36. The highest BCUT2D eigenvalue weighted by Gasteiger charge is 2.18. The topological polar surface area (TPSA) is 128 Å². The molecule has 190 valence electrons. The lowest BCUT2D eigenvalue weighted by Gasteiger charge is -2.23. The second-order valence-corrected chi connectivity index (χ2v) is 10.6. The van der Waals surface area contributed by atoms with Gasteiger partial charge < -0.3 is 15.4 Å². The number of imidazole rings is 1. The Bertz CT molecular complexity index is 1730. The average Bonchev–Trinajstić information content (AvgIpc) is 3.51. The normalized spacial score (nSPS) is 12.7. The van der Waals surface area contributed by atoms with E-state index < -0.39 is 6.23 Å². The van der Waals surface area contributed by atoms with E-state index in [4.69, 9.17) is 4.98 Å². The third-order valence-electron chi connectivity index (χ3n) is 6.36. The quantitative estimate of drug-likeness (QED) is 0.211. The predicted molar refractivity (Wildman–Crippen MR) is 149 cm³/mol. The zero-order chi connectivity index (χ0) is 26.3. The van der Waals surface area contributed by atoms with Crippen LogP contribution in [0.2, 0.25) is 0 Å². The number of nitrogens with zero attached hydrogens (tertiary/aromatic N) is 5. The smallest absolute Gasteiger partial charge is 0.178 e. The first kappa shape index (κ1) is 23.7. The summed E-state index contributed by atoms with van der Waals surface area (Å²) in [7, 11) is 0. The molecule has 0 aliphatic carbocycles. The van der Waals surface area contributed by atoms with E-state index in [0.29, 0.717) is 23.6 Å². The Hall–Kier alpha value is -4.63. The van der Waals surface area contributed by atoms with Crippen LogP contribution in [0.3, 0.4) is 0 Å². The number of rotatable bonds is 6. The van der Waals surface area contributed by atoms with E-state index in [9.17, 15) is 5.11 Å². The van der Waals surface area contributed by atoms with Crippen molar-refractivity contribution in [3.8, 4) is 33.8 Å². The van der Waals surface area contributed by atoms with Crippen molar-refractivity contribution in [2.75, 3.05) is 5.32 Å². The molecule has 38 heavy (non-hydrogen) atoms. The number of hydrogen-bond donors (Lipinski definition) is 4. The van der Waals surface area contributed by atoms with E-state index in [1.807, 2.05) is 48.8 Å². The highest BCUT2D eigenvalue weighted by Crippen LogP contribution is 2.33. The van der Waals surface area contributed by atoms with Gasteiger partial charge in [-0.3, -0.25) is 15.1 Å². The molecule has 0 aliphatic rings. The number of benzene rings is 1. The largest absolute Gasteiger partial charge is 0.374 e. The lowest BCUT2D eigenvalue weighted by molar-refractivity contribution is 0.145. The molecule has 1 unspecified atom stereocenters. The van der Waals surface area contributed by atoms with E-state index in [1.165, 1.54) is 0 Å². The van der Waals surface area contributed by atoms with Crippen molar-refractivity contribution in [1.82, 2.24) is 35.1 Å². The number of aromatic nitrogens is 7. The van der Waals surface area contributed by atoms with Crippen molar-refractivity contribution >= 4 is 27.8 Å². The Morgan fingerprint density at radius 3 is 2.63 bits per heavy atom. The molecule has 0 aliphatic heterocycles. The molecule has 0 radical (unpaired) electrons. The fourth-order valence-electron chi connectivity index (χ4n) is 4.66. The van der Waals surface area contributed by atoms with E-state index in [0.717, 1.165) is 44.4 Å². The van der Waals surface area contributed by atoms with Crippen molar-refractivity contribution in [2.24, 2.45) is 5.41 Å². The minimum atomic E-state index is -0.659. The molecule has 9 nitrogen and oxygen atoms in total. The zero-order valence-electron chi connectivity index (χ0n) is 21.4. The summed E-state index contributed by atoms with van der Waals surface area (Å²) in [5.74, 6) is 0.631. The summed E-state index contributed by atoms with van der Waals surface area (Å²) in [5.41, 5.74) is 7.69. The second kappa shape index (κ2) is 9.35. The number of aliphatic hydroxyl groups excluding tert-OH is 1. The van der Waals surface area contributed by atoms with Crippen LogP contribution in [0.1, 0.15) is 27.2 Å². The predicted octanol–water partition coefficient (Wildman–Crippen LogP) is 5.79. The Morgan fingerprint density at radius 2 is 1.82 bits per heavy atom. The molecule has 6 aromatic rings. The summed E-state index contributed by atoms with van der Waals surface area (Å²) in [4.78, 5) is 21.3. The van der Waals surface area contributed by atoms with Crippen LogP contribution in [0.5, 0.6) is 0 Å². The highest BCUT2D eigenvalue weighted by molar-refractivity contribution is 5.97. The standard InChI is InChI=1S/C29H28N8O/c1-29(2,3)13-24(38)33-20-11-19(15-31-16-20)17-6-7-23-22(12-17)26(37-36-23)28-34-25-21(8-10-32-27(25)35-28)18-5-4-9-30-14-18/h4-12,14-16,24,33,38H,13H2,1-3H3,(H,36,37)(H,32,34,35). The lowest BCUT2D eigenvalue weighted by atomic mass is 9.91. The molecular weight excluding hydrogens is 476 g/mol. The van der Waals surface area contributed by atoms with Gasteiger partial charge in [-0.1, -0.05) is 32.9 Å². The molecule has 0 fully saturated rings. The number of aromatic amines is 2. The van der Waals surface area contributed by atoms with Crippen LogP contribution in [0.25, 0.3) is 55.8 Å². The number of nitrogens with one attached hydrogen (secondary N) is 3. The van der Waals surface area contributed by atoms with Crippen molar-refractivity contribution in [2.45, 2.75) is 33.4 Å². The van der Waals surface area contributed by atoms with Gasteiger partial charge in [-0.25, -0.2) is 9.97 Å². The van der Waals surface area contributed by atoms with Crippen LogP contribution in [0.4, 0.5) is 5.69 Å². The average molecular weight is 505 g/mol. The molecule has 6 rings (SSSR count). The molecule has 9 heteroatoms. The lowest BCUT2D eigenvalue weighted by Crippen LogP contribution is -2.25. The van der Waals surface area contributed by atoms with Crippen LogP contribution in [0, 0.1) is 5.41 Å². The summed E-state index contributed by atoms with van der Waals surface area (Å²) >= 11 is 0. The van der Waals surface area contributed by atoms with Crippen molar-refractivity contribution < 1.29 is 5.11 Å². The molecule has 4 N–H and O–H groups in total. The minimum Gasteiger partial charge on any atom is -0.374 e. The van der Waals surface area contributed by atoms with Crippen molar-refractivity contribution in [3.05, 3.63) is 73.4 Å². The monoisotopic (exact) mass is 504 g/mol. The van der Waals surface area contributed by atoms with Gasteiger partial charge in [-0.2, -0.15) is 5.10 Å². The number of aliphatic hydroxyl groups is 1. The molecule has 0 bridgehead atoms. The maximum Gasteiger partial charge on any atom is 0.178 e. The minimum absolute atomic E-state index is 0.00506. The Morgan fingerprint density at radius 1 is 0.947 bits per heavy atom. The summed E-state index contributed by atoms with van der Waals surface area (Å²) in [6.07, 6.45) is 8.83. The van der Waals surface area contributed by atoms with Crippen LogP contribution in [0.15, 0.2) is 73.4 Å². The van der Waals surface area contributed by atoms with E-state index in [-0.39, 0.29) is 5.41 Å². The molecule has 0 amide bonds. The number of pyridine rings is 3. The third-order valence-corrected chi connectivity index (χ3v) is 6.36. The molecule has 5 heterocycles. The van der Waals surface area contributed by atoms with E-state index in [1.54, 1.807) is 18.6 Å². The van der Waals surface area contributed by atoms with Crippen molar-refractivity contribution in [3.63, 3.8) is 0 Å². The number of fused-ring (bicyclic) bond motifs is 2. The van der Waals surface area contributed by atoms with Gasteiger partial charge in [0.1, 0.15) is 11.9 Å². The van der Waals surface area contributed by atoms with Crippen LogP contribution in [-0.4, -0.2) is 46.5 Å². The van der Waals surface area contributed by atoms with Gasteiger partial charge in [0.2, 0.25) is 0 Å². The third kappa shape index (κ3) is 4.71.